The number of hydrogen-bond donors (Lipinski definition) is 1. The van der Waals surface area contributed by atoms with E-state index in [1.54, 1.807) is 6.92 Å². The predicted molar refractivity (Wildman–Crippen MR) is 63.5 cm³/mol. The van der Waals surface area contributed by atoms with Gasteiger partial charge in [0.05, 0.1) is 12.7 Å². The van der Waals surface area contributed by atoms with Crippen LogP contribution in [-0.4, -0.2) is 46.0 Å². The quantitative estimate of drug-likeness (QED) is 0.629. The molecule has 0 aromatic heterocycles. The maximum Gasteiger partial charge on any atom is 0.136 e. The van der Waals surface area contributed by atoms with Gasteiger partial charge in [-0.05, 0) is 61.4 Å². The molecule has 3 aliphatic rings. The van der Waals surface area contributed by atoms with Crippen molar-refractivity contribution in [1.82, 2.24) is 4.90 Å². The van der Waals surface area contributed by atoms with Crippen molar-refractivity contribution in [2.24, 2.45) is 5.92 Å². The zero-order valence-corrected chi connectivity index (χ0v) is 10.7. The number of piperidine rings is 3. The number of fused-ring (bicyclic) bond motifs is 3. The second kappa shape index (κ2) is 4.23. The van der Waals surface area contributed by atoms with E-state index in [1.807, 2.05) is 22.6 Å². The molecule has 0 aromatic carbocycles. The number of halogens is 1. The number of alkyl halides is 1. The van der Waals surface area contributed by atoms with Crippen LogP contribution in [0.5, 0.6) is 0 Å². The van der Waals surface area contributed by atoms with Gasteiger partial charge in [-0.2, -0.15) is 0 Å². The maximum atomic E-state index is 9.57. The molecular formula is C10H18INO2. The molecule has 0 spiro atoms. The van der Waals surface area contributed by atoms with Gasteiger partial charge in [0.15, 0.2) is 0 Å². The lowest BCUT2D eigenvalue weighted by Gasteiger charge is -2.44. The summed E-state index contributed by atoms with van der Waals surface area (Å²) in [4.78, 5) is 2.46. The minimum atomic E-state index is -0.718. The summed E-state index contributed by atoms with van der Waals surface area (Å²) in [6.07, 6.45) is 2.90. The minimum Gasteiger partial charge on any atom is -0.377 e. The average molecular weight is 311 g/mol. The maximum absolute atomic E-state index is 9.57. The number of ether oxygens (including phenoxy) is 1. The molecule has 3 rings (SSSR count). The molecule has 1 N–H and O–H groups in total. The van der Waals surface area contributed by atoms with E-state index in [1.165, 1.54) is 25.9 Å². The first-order valence-corrected chi connectivity index (χ1v) is 6.38. The summed E-state index contributed by atoms with van der Waals surface area (Å²) in [7, 11) is 0. The standard InChI is InChI=1S/C10H18INO2/c1-10(11,13)7-14-9-6-12-4-2-8(9)3-5-12/h8-9,13H,2-7H2,1H3. The molecule has 3 saturated heterocycles. The lowest BCUT2D eigenvalue weighted by atomic mass is 9.86. The first kappa shape index (κ1) is 11.1. The molecule has 0 aliphatic carbocycles. The third-order valence-corrected chi connectivity index (χ3v) is 3.47. The molecule has 0 radical (unpaired) electrons. The molecule has 3 heterocycles. The molecule has 82 valence electrons. The van der Waals surface area contributed by atoms with Gasteiger partial charge in [-0.25, -0.2) is 0 Å². The molecule has 3 nitrogen and oxygen atoms in total. The Balaban J connectivity index is 1.81. The zero-order chi connectivity index (χ0) is 10.2. The Morgan fingerprint density at radius 1 is 1.50 bits per heavy atom. The first-order chi connectivity index (χ1) is 6.54. The van der Waals surface area contributed by atoms with E-state index in [2.05, 4.69) is 4.90 Å². The van der Waals surface area contributed by atoms with Crippen molar-refractivity contribution in [2.45, 2.75) is 29.5 Å². The van der Waals surface area contributed by atoms with Crippen LogP contribution in [0, 0.1) is 5.92 Å². The van der Waals surface area contributed by atoms with Crippen LogP contribution in [0.25, 0.3) is 0 Å². The summed E-state index contributed by atoms with van der Waals surface area (Å²) in [5.74, 6) is 0.735. The lowest BCUT2D eigenvalue weighted by Crippen LogP contribution is -2.52. The van der Waals surface area contributed by atoms with Crippen molar-refractivity contribution in [3.8, 4) is 0 Å². The fourth-order valence-corrected chi connectivity index (χ4v) is 2.54. The van der Waals surface area contributed by atoms with Gasteiger partial charge in [-0.1, -0.05) is 0 Å². The molecule has 4 heteroatoms. The second-order valence-electron chi connectivity index (χ2n) is 4.63. The first-order valence-electron chi connectivity index (χ1n) is 5.30. The van der Waals surface area contributed by atoms with E-state index < -0.39 is 3.61 Å². The monoisotopic (exact) mass is 311 g/mol. The predicted octanol–water partition coefficient (Wildman–Crippen LogP) is 1.24. The van der Waals surface area contributed by atoms with E-state index in [0.29, 0.717) is 12.7 Å². The molecule has 2 atom stereocenters. The van der Waals surface area contributed by atoms with Crippen molar-refractivity contribution in [1.29, 1.82) is 0 Å². The van der Waals surface area contributed by atoms with Gasteiger partial charge in [0.2, 0.25) is 0 Å². The average Bonchev–Trinajstić information content (AvgIpc) is 2.16. The van der Waals surface area contributed by atoms with E-state index in [4.69, 9.17) is 4.74 Å². The van der Waals surface area contributed by atoms with Crippen LogP contribution in [0.3, 0.4) is 0 Å². The Labute approximate surface area is 98.9 Å². The van der Waals surface area contributed by atoms with E-state index in [9.17, 15) is 5.11 Å². The second-order valence-corrected chi connectivity index (χ2v) is 6.95. The third kappa shape index (κ3) is 2.81. The van der Waals surface area contributed by atoms with Crippen molar-refractivity contribution in [3.05, 3.63) is 0 Å². The summed E-state index contributed by atoms with van der Waals surface area (Å²) in [5.41, 5.74) is 0. The summed E-state index contributed by atoms with van der Waals surface area (Å²) in [6.45, 7) is 5.78. The smallest absolute Gasteiger partial charge is 0.136 e. The van der Waals surface area contributed by atoms with Crippen LogP contribution in [0.2, 0.25) is 0 Å². The highest BCUT2D eigenvalue weighted by Gasteiger charge is 2.35. The van der Waals surface area contributed by atoms with Crippen LogP contribution < -0.4 is 0 Å². The molecule has 0 saturated carbocycles. The fraction of sp³-hybridized carbons (Fsp3) is 1.00. The van der Waals surface area contributed by atoms with Crippen LogP contribution in [0.15, 0.2) is 0 Å². The Morgan fingerprint density at radius 2 is 2.14 bits per heavy atom. The van der Waals surface area contributed by atoms with Crippen molar-refractivity contribution < 1.29 is 9.84 Å². The Morgan fingerprint density at radius 3 is 2.57 bits per heavy atom. The van der Waals surface area contributed by atoms with Gasteiger partial charge in [0.25, 0.3) is 0 Å². The molecule has 3 fully saturated rings. The van der Waals surface area contributed by atoms with Gasteiger partial charge in [-0.3, -0.25) is 0 Å². The Kier molecular flexibility index (Phi) is 3.36. The largest absolute Gasteiger partial charge is 0.377 e. The van der Waals surface area contributed by atoms with E-state index >= 15 is 0 Å². The molecule has 0 aromatic rings. The molecule has 14 heavy (non-hydrogen) atoms. The van der Waals surface area contributed by atoms with Crippen LogP contribution >= 0.6 is 22.6 Å². The van der Waals surface area contributed by atoms with Crippen molar-refractivity contribution in [2.75, 3.05) is 26.2 Å². The van der Waals surface area contributed by atoms with E-state index in [-0.39, 0.29) is 0 Å². The highest BCUT2D eigenvalue weighted by atomic mass is 127. The highest BCUT2D eigenvalue weighted by molar-refractivity contribution is 14.1. The molecule has 3 aliphatic heterocycles. The Hall–Kier alpha value is 0.610. The number of rotatable bonds is 3. The normalized spacial score (nSPS) is 40.9. The van der Waals surface area contributed by atoms with Crippen molar-refractivity contribution in [3.63, 3.8) is 0 Å². The molecule has 2 bridgehead atoms. The van der Waals surface area contributed by atoms with Gasteiger partial charge < -0.3 is 14.7 Å². The Bertz CT molecular complexity index is 197. The van der Waals surface area contributed by atoms with Crippen molar-refractivity contribution >= 4 is 22.6 Å². The van der Waals surface area contributed by atoms with E-state index in [0.717, 1.165) is 12.5 Å². The summed E-state index contributed by atoms with van der Waals surface area (Å²) in [5, 5.41) is 9.57. The molecular weight excluding hydrogens is 293 g/mol. The number of hydrogen-bond acceptors (Lipinski definition) is 3. The van der Waals surface area contributed by atoms with Gasteiger partial charge in [0.1, 0.15) is 3.61 Å². The van der Waals surface area contributed by atoms with Crippen LogP contribution in [-0.2, 0) is 4.74 Å². The summed E-state index contributed by atoms with van der Waals surface area (Å²) >= 11 is 2.02. The third-order valence-electron chi connectivity index (χ3n) is 3.16. The van der Waals surface area contributed by atoms with Crippen LogP contribution in [0.4, 0.5) is 0 Å². The van der Waals surface area contributed by atoms with Gasteiger partial charge in [0, 0.05) is 6.54 Å². The van der Waals surface area contributed by atoms with Gasteiger partial charge >= 0.3 is 0 Å². The zero-order valence-electron chi connectivity index (χ0n) is 8.58. The number of nitrogens with zero attached hydrogens (tertiary/aromatic N) is 1. The summed E-state index contributed by atoms with van der Waals surface area (Å²) in [6, 6.07) is 0. The van der Waals surface area contributed by atoms with Crippen LogP contribution in [0.1, 0.15) is 19.8 Å². The molecule has 0 amide bonds. The summed E-state index contributed by atoms with van der Waals surface area (Å²) < 4.78 is 5.06. The van der Waals surface area contributed by atoms with Gasteiger partial charge in [-0.15, -0.1) is 0 Å². The molecule has 2 unspecified atom stereocenters. The topological polar surface area (TPSA) is 32.7 Å². The highest BCUT2D eigenvalue weighted by Crippen LogP contribution is 2.30. The fourth-order valence-electron chi connectivity index (χ4n) is 2.36. The minimum absolute atomic E-state index is 0.360. The lowest BCUT2D eigenvalue weighted by molar-refractivity contribution is -0.0916. The number of aliphatic hydroxyl groups is 1. The SMILES string of the molecule is CC(O)(I)COC1CN2CCC1CC2.